The van der Waals surface area contributed by atoms with Crippen LogP contribution in [0, 0.1) is 23.2 Å². The molecule has 0 spiro atoms. The molecule has 146 valence electrons. The van der Waals surface area contributed by atoms with Crippen molar-refractivity contribution in [3.8, 4) is 17.2 Å². The fourth-order valence-corrected chi connectivity index (χ4v) is 5.61. The van der Waals surface area contributed by atoms with E-state index in [1.165, 1.54) is 0 Å². The zero-order valence-corrected chi connectivity index (χ0v) is 15.8. The monoisotopic (exact) mass is 387 g/mol. The first kappa shape index (κ1) is 17.0. The zero-order valence-electron chi connectivity index (χ0n) is 15.8. The topological polar surface area (TPSA) is 104 Å². The lowest BCUT2D eigenvalue weighted by molar-refractivity contribution is 0.135. The summed E-state index contributed by atoms with van der Waals surface area (Å²) < 4.78 is 5.36. The molecule has 3 fully saturated rings. The van der Waals surface area contributed by atoms with Crippen molar-refractivity contribution in [2.75, 3.05) is 24.5 Å². The fourth-order valence-electron chi connectivity index (χ4n) is 5.61. The Morgan fingerprint density at radius 1 is 1.28 bits per heavy atom. The Morgan fingerprint density at radius 3 is 2.76 bits per heavy atom. The lowest BCUT2D eigenvalue weighted by atomic mass is 9.95. The van der Waals surface area contributed by atoms with Crippen LogP contribution in [0.15, 0.2) is 36.5 Å². The van der Waals surface area contributed by atoms with E-state index in [4.69, 9.17) is 10.5 Å². The molecule has 7 heteroatoms. The summed E-state index contributed by atoms with van der Waals surface area (Å²) in [4.78, 5) is 18.6. The van der Waals surface area contributed by atoms with Crippen molar-refractivity contribution in [3.63, 3.8) is 0 Å². The molecule has 0 bridgehead atoms. The maximum Gasteiger partial charge on any atom is 0.415 e. The number of pyridine rings is 1. The van der Waals surface area contributed by atoms with Crippen LogP contribution in [0.1, 0.15) is 11.3 Å². The van der Waals surface area contributed by atoms with Gasteiger partial charge in [0.25, 0.3) is 0 Å². The van der Waals surface area contributed by atoms with Gasteiger partial charge in [-0.15, -0.1) is 0 Å². The van der Waals surface area contributed by atoms with Crippen LogP contribution in [-0.4, -0.2) is 42.9 Å². The molecule has 4 aliphatic rings. The molecule has 6 rings (SSSR count). The molecule has 3 aliphatic heterocycles. The van der Waals surface area contributed by atoms with E-state index in [0.29, 0.717) is 18.4 Å². The van der Waals surface area contributed by atoms with E-state index in [9.17, 15) is 10.1 Å². The molecule has 1 saturated carbocycles. The third kappa shape index (κ3) is 2.13. The van der Waals surface area contributed by atoms with Gasteiger partial charge in [-0.3, -0.25) is 9.88 Å². The first-order valence-electron chi connectivity index (χ1n) is 10.1. The molecule has 7 nitrogen and oxygen atoms in total. The number of benzene rings is 1. The number of hydrogen-bond donors (Lipinski definition) is 2. The number of nitriles is 1. The molecule has 1 amide bonds. The summed E-state index contributed by atoms with van der Waals surface area (Å²) >= 11 is 0. The van der Waals surface area contributed by atoms with Crippen LogP contribution >= 0.6 is 0 Å². The van der Waals surface area contributed by atoms with Crippen LogP contribution in [0.4, 0.5) is 10.5 Å². The summed E-state index contributed by atoms with van der Waals surface area (Å²) in [5.74, 6) is 0.768. The molecule has 4 atom stereocenters. The molecule has 1 aliphatic carbocycles. The Kier molecular flexibility index (Phi) is 3.38. The van der Waals surface area contributed by atoms with Crippen LogP contribution in [0.3, 0.4) is 0 Å². The maximum absolute atomic E-state index is 12.2. The SMILES string of the molecule is N#CC1(c2ccc(-c3ccc4c(c3)C[C@H]3C(CN)OC(=O)N43)cn2)C2CNCC21. The smallest absolute Gasteiger partial charge is 0.415 e. The second kappa shape index (κ2) is 5.78. The van der Waals surface area contributed by atoms with Gasteiger partial charge >= 0.3 is 6.09 Å². The normalized spacial score (nSPS) is 33.7. The highest BCUT2D eigenvalue weighted by Crippen LogP contribution is 2.60. The Hall–Kier alpha value is -2.95. The third-order valence-corrected chi connectivity index (χ3v) is 7.19. The summed E-state index contributed by atoms with van der Waals surface area (Å²) in [5.41, 5.74) is 10.3. The Morgan fingerprint density at radius 2 is 2.07 bits per heavy atom. The first-order chi connectivity index (χ1) is 14.2. The number of carbonyl (C=O) groups excluding carboxylic acids is 1. The number of fused-ring (bicyclic) bond motifs is 4. The van der Waals surface area contributed by atoms with Gasteiger partial charge in [0, 0.05) is 43.2 Å². The quantitative estimate of drug-likeness (QED) is 0.828. The van der Waals surface area contributed by atoms with Crippen molar-refractivity contribution in [1.29, 1.82) is 5.26 Å². The minimum Gasteiger partial charge on any atom is -0.442 e. The largest absolute Gasteiger partial charge is 0.442 e. The van der Waals surface area contributed by atoms with Gasteiger partial charge in [0.2, 0.25) is 0 Å². The highest BCUT2D eigenvalue weighted by atomic mass is 16.6. The standard InChI is InChI=1S/C22H21N5O2/c23-7-19-18-6-14-5-12(1-3-17(14)27(18)21(28)29-19)13-2-4-20(26-8-13)22(11-24)15-9-25-10-16(15)22/h1-5,8,15-16,18-19,25H,6-7,9-10,23H2/t15?,16?,18-,19?,22?/m0/s1. The molecule has 3 N–H and O–H groups in total. The molecule has 4 heterocycles. The summed E-state index contributed by atoms with van der Waals surface area (Å²) in [6.45, 7) is 2.13. The number of anilines is 1. The predicted octanol–water partition coefficient (Wildman–Crippen LogP) is 1.57. The maximum atomic E-state index is 12.2. The number of hydrogen-bond acceptors (Lipinski definition) is 6. The molecular weight excluding hydrogens is 366 g/mol. The lowest BCUT2D eigenvalue weighted by Gasteiger charge is -2.15. The number of piperidine rings is 1. The van der Waals surface area contributed by atoms with Crippen molar-refractivity contribution in [2.45, 2.75) is 24.0 Å². The fraction of sp³-hybridized carbons (Fsp3) is 0.409. The Labute approximate surface area is 168 Å². The van der Waals surface area contributed by atoms with Crippen LogP contribution in [0.25, 0.3) is 11.1 Å². The zero-order chi connectivity index (χ0) is 19.8. The lowest BCUT2D eigenvalue weighted by Crippen LogP contribution is -2.37. The highest BCUT2D eigenvalue weighted by molar-refractivity contribution is 5.94. The Bertz CT molecular complexity index is 1050. The van der Waals surface area contributed by atoms with Crippen LogP contribution in [0.2, 0.25) is 0 Å². The molecule has 29 heavy (non-hydrogen) atoms. The third-order valence-electron chi connectivity index (χ3n) is 7.19. The summed E-state index contributed by atoms with van der Waals surface area (Å²) in [5, 5.41) is 13.1. The van der Waals surface area contributed by atoms with Crippen molar-refractivity contribution in [2.24, 2.45) is 17.6 Å². The van der Waals surface area contributed by atoms with Crippen LogP contribution in [0.5, 0.6) is 0 Å². The van der Waals surface area contributed by atoms with Crippen LogP contribution < -0.4 is 16.0 Å². The number of ether oxygens (including phenoxy) is 1. The second-order valence-corrected chi connectivity index (χ2v) is 8.43. The second-order valence-electron chi connectivity index (χ2n) is 8.43. The number of nitrogens with one attached hydrogen (secondary N) is 1. The molecule has 0 radical (unpaired) electrons. The molecule has 3 unspecified atom stereocenters. The van der Waals surface area contributed by atoms with Gasteiger partial charge in [-0.05, 0) is 35.7 Å². The van der Waals surface area contributed by atoms with Gasteiger partial charge in [0.1, 0.15) is 11.5 Å². The number of rotatable bonds is 3. The van der Waals surface area contributed by atoms with Crippen LogP contribution in [-0.2, 0) is 16.6 Å². The minimum atomic E-state index is -0.413. The first-order valence-corrected chi connectivity index (χ1v) is 10.1. The van der Waals surface area contributed by atoms with E-state index in [-0.39, 0.29) is 18.2 Å². The highest BCUT2D eigenvalue weighted by Gasteiger charge is 2.69. The van der Waals surface area contributed by atoms with E-state index in [1.54, 1.807) is 4.90 Å². The Balaban J connectivity index is 1.30. The van der Waals surface area contributed by atoms with E-state index in [2.05, 4.69) is 28.5 Å². The van der Waals surface area contributed by atoms with Gasteiger partial charge in [-0.2, -0.15) is 5.26 Å². The molecule has 2 aromatic rings. The number of aromatic nitrogens is 1. The van der Waals surface area contributed by atoms with Gasteiger partial charge in [0.05, 0.1) is 23.5 Å². The van der Waals surface area contributed by atoms with E-state index in [1.807, 2.05) is 24.4 Å². The number of amides is 1. The number of cyclic esters (lactones) is 1. The van der Waals surface area contributed by atoms with E-state index < -0.39 is 5.41 Å². The summed E-state index contributed by atoms with van der Waals surface area (Å²) in [6, 6.07) is 12.7. The van der Waals surface area contributed by atoms with Crippen molar-refractivity contribution in [3.05, 3.63) is 47.8 Å². The number of nitrogens with zero attached hydrogens (tertiary/aromatic N) is 3. The predicted molar refractivity (Wildman–Crippen MR) is 106 cm³/mol. The molecule has 1 aromatic heterocycles. The van der Waals surface area contributed by atoms with Crippen molar-refractivity contribution >= 4 is 11.8 Å². The molecule has 2 saturated heterocycles. The molecular formula is C22H21N5O2. The van der Waals surface area contributed by atoms with Gasteiger partial charge in [-0.25, -0.2) is 4.79 Å². The average molecular weight is 387 g/mol. The average Bonchev–Trinajstić information content (AvgIpc) is 3.16. The van der Waals surface area contributed by atoms with E-state index >= 15 is 0 Å². The number of nitrogens with two attached hydrogens (primary N) is 1. The van der Waals surface area contributed by atoms with E-state index in [0.717, 1.165) is 47.6 Å². The van der Waals surface area contributed by atoms with Gasteiger partial charge in [-0.1, -0.05) is 12.1 Å². The summed E-state index contributed by atoms with van der Waals surface area (Å²) in [6.07, 6.45) is 2.05. The minimum absolute atomic E-state index is 0.0170. The summed E-state index contributed by atoms with van der Waals surface area (Å²) in [7, 11) is 0. The van der Waals surface area contributed by atoms with Crippen molar-refractivity contribution < 1.29 is 9.53 Å². The van der Waals surface area contributed by atoms with Gasteiger partial charge < -0.3 is 15.8 Å². The van der Waals surface area contributed by atoms with Crippen molar-refractivity contribution in [1.82, 2.24) is 10.3 Å². The number of carbonyl (C=O) groups is 1. The molecule has 1 aromatic carbocycles. The van der Waals surface area contributed by atoms with Gasteiger partial charge in [0.15, 0.2) is 0 Å².